The lowest BCUT2D eigenvalue weighted by molar-refractivity contribution is 0.242. The summed E-state index contributed by atoms with van der Waals surface area (Å²) in [6.07, 6.45) is 0.140. The average Bonchev–Trinajstić information content (AvgIpc) is 2.39. The van der Waals surface area contributed by atoms with Gasteiger partial charge in [-0.15, -0.1) is 0 Å². The quantitative estimate of drug-likeness (QED) is 0.859. The Labute approximate surface area is 123 Å². The maximum Gasteiger partial charge on any atom is 0.133 e. The number of nitrogens with one attached hydrogen (secondary N) is 1. The zero-order chi connectivity index (χ0) is 14.5. The lowest BCUT2D eigenvalue weighted by Crippen LogP contribution is -2.05. The summed E-state index contributed by atoms with van der Waals surface area (Å²) in [6, 6.07) is 12.7. The zero-order valence-corrected chi connectivity index (χ0v) is 12.0. The molecule has 20 heavy (non-hydrogen) atoms. The highest BCUT2D eigenvalue weighted by atomic mass is 35.5. The Morgan fingerprint density at radius 1 is 1.25 bits per heavy atom. The van der Waals surface area contributed by atoms with E-state index in [1.54, 1.807) is 6.07 Å². The molecule has 0 aliphatic heterocycles. The Morgan fingerprint density at radius 2 is 1.95 bits per heavy atom. The molecule has 1 heterocycles. The predicted octanol–water partition coefficient (Wildman–Crippen LogP) is 4.14. The number of nitrogens with zero attached hydrogens (tertiary/aromatic N) is 2. The van der Waals surface area contributed by atoms with Crippen LogP contribution in [0, 0.1) is 11.3 Å². The summed E-state index contributed by atoms with van der Waals surface area (Å²) in [7, 11) is 0. The number of halogens is 1. The fourth-order valence-electron chi connectivity index (χ4n) is 1.66. The van der Waals surface area contributed by atoms with E-state index in [0.29, 0.717) is 11.4 Å². The minimum atomic E-state index is 0.140. The van der Waals surface area contributed by atoms with Crippen molar-refractivity contribution < 1.29 is 4.74 Å². The minimum Gasteiger partial charge on any atom is -0.491 e. The number of nitriles is 1. The SMILES string of the molecule is CC(C)Oc1ccc(Nc2cc(C#N)cc(Cl)n2)cc1. The average molecular weight is 288 g/mol. The summed E-state index contributed by atoms with van der Waals surface area (Å²) >= 11 is 5.86. The van der Waals surface area contributed by atoms with Crippen LogP contribution < -0.4 is 10.1 Å². The second-order valence-corrected chi connectivity index (χ2v) is 4.88. The van der Waals surface area contributed by atoms with Gasteiger partial charge in [-0.25, -0.2) is 4.98 Å². The molecule has 0 radical (unpaired) electrons. The molecule has 5 heteroatoms. The van der Waals surface area contributed by atoms with Crippen molar-refractivity contribution in [1.29, 1.82) is 5.26 Å². The van der Waals surface area contributed by atoms with Crippen LogP contribution in [-0.4, -0.2) is 11.1 Å². The number of benzene rings is 1. The molecule has 0 bridgehead atoms. The van der Waals surface area contributed by atoms with E-state index >= 15 is 0 Å². The van der Waals surface area contributed by atoms with Crippen molar-refractivity contribution in [2.45, 2.75) is 20.0 Å². The molecule has 0 unspecified atom stereocenters. The van der Waals surface area contributed by atoms with Gasteiger partial charge < -0.3 is 10.1 Å². The van der Waals surface area contributed by atoms with Crippen LogP contribution in [0.5, 0.6) is 5.75 Å². The Kier molecular flexibility index (Phi) is 4.44. The fraction of sp³-hybridized carbons (Fsp3) is 0.200. The molecule has 0 spiro atoms. The van der Waals surface area contributed by atoms with Crippen LogP contribution in [0.2, 0.25) is 5.15 Å². The van der Waals surface area contributed by atoms with Crippen LogP contribution >= 0.6 is 11.6 Å². The first-order valence-corrected chi connectivity index (χ1v) is 6.56. The van der Waals surface area contributed by atoms with Crippen LogP contribution in [0.25, 0.3) is 0 Å². The topological polar surface area (TPSA) is 57.9 Å². The molecule has 1 N–H and O–H groups in total. The van der Waals surface area contributed by atoms with Crippen molar-refractivity contribution in [3.8, 4) is 11.8 Å². The van der Waals surface area contributed by atoms with E-state index < -0.39 is 0 Å². The number of rotatable bonds is 4. The second-order valence-electron chi connectivity index (χ2n) is 4.49. The Balaban J connectivity index is 2.14. The molecule has 2 rings (SSSR count). The normalized spacial score (nSPS) is 10.2. The van der Waals surface area contributed by atoms with Gasteiger partial charge in [0, 0.05) is 5.69 Å². The Hall–Kier alpha value is -2.25. The molecule has 0 aliphatic carbocycles. The molecule has 0 aliphatic rings. The number of pyridine rings is 1. The first kappa shape index (κ1) is 14.2. The van der Waals surface area contributed by atoms with Crippen LogP contribution in [0.3, 0.4) is 0 Å². The van der Waals surface area contributed by atoms with Gasteiger partial charge in [0.2, 0.25) is 0 Å². The highest BCUT2D eigenvalue weighted by Crippen LogP contribution is 2.21. The van der Waals surface area contributed by atoms with E-state index in [2.05, 4.69) is 10.3 Å². The van der Waals surface area contributed by atoms with Gasteiger partial charge in [0.05, 0.1) is 17.7 Å². The molecule has 0 atom stereocenters. The van der Waals surface area contributed by atoms with Crippen molar-refractivity contribution in [2.75, 3.05) is 5.32 Å². The number of aromatic nitrogens is 1. The van der Waals surface area contributed by atoms with Gasteiger partial charge in [0.1, 0.15) is 16.7 Å². The van der Waals surface area contributed by atoms with Gasteiger partial charge in [0.15, 0.2) is 0 Å². The van der Waals surface area contributed by atoms with Crippen LogP contribution in [0.4, 0.5) is 11.5 Å². The number of hydrogen-bond acceptors (Lipinski definition) is 4. The molecule has 0 amide bonds. The molecular formula is C15H14ClN3O. The van der Waals surface area contributed by atoms with Crippen molar-refractivity contribution >= 4 is 23.1 Å². The summed E-state index contributed by atoms with van der Waals surface area (Å²) in [4.78, 5) is 4.12. The maximum atomic E-state index is 8.89. The second kappa shape index (κ2) is 6.27. The van der Waals surface area contributed by atoms with Crippen molar-refractivity contribution in [3.63, 3.8) is 0 Å². The summed E-state index contributed by atoms with van der Waals surface area (Å²) in [5.41, 5.74) is 1.31. The third-order valence-electron chi connectivity index (χ3n) is 2.42. The minimum absolute atomic E-state index is 0.140. The zero-order valence-electron chi connectivity index (χ0n) is 11.2. The van der Waals surface area contributed by atoms with Crippen LogP contribution in [-0.2, 0) is 0 Å². The molecule has 1 aromatic heterocycles. The summed E-state index contributed by atoms with van der Waals surface area (Å²) in [5.74, 6) is 1.34. The lowest BCUT2D eigenvalue weighted by Gasteiger charge is -2.11. The van der Waals surface area contributed by atoms with Gasteiger partial charge in [-0.1, -0.05) is 11.6 Å². The summed E-state index contributed by atoms with van der Waals surface area (Å²) in [6.45, 7) is 3.96. The van der Waals surface area contributed by atoms with Gasteiger partial charge in [-0.3, -0.25) is 0 Å². The van der Waals surface area contributed by atoms with Crippen LogP contribution in [0.15, 0.2) is 36.4 Å². The van der Waals surface area contributed by atoms with Crippen molar-refractivity contribution in [1.82, 2.24) is 4.98 Å². The monoisotopic (exact) mass is 287 g/mol. The maximum absolute atomic E-state index is 8.89. The summed E-state index contributed by atoms with van der Waals surface area (Å²) < 4.78 is 5.57. The van der Waals surface area contributed by atoms with E-state index in [-0.39, 0.29) is 11.3 Å². The third-order valence-corrected chi connectivity index (χ3v) is 2.62. The van der Waals surface area contributed by atoms with E-state index in [1.165, 1.54) is 6.07 Å². The summed E-state index contributed by atoms with van der Waals surface area (Å²) in [5, 5.41) is 12.3. The largest absolute Gasteiger partial charge is 0.491 e. The molecule has 4 nitrogen and oxygen atoms in total. The molecule has 2 aromatic rings. The first-order valence-electron chi connectivity index (χ1n) is 6.18. The highest BCUT2D eigenvalue weighted by molar-refractivity contribution is 6.29. The van der Waals surface area contributed by atoms with Gasteiger partial charge in [-0.05, 0) is 50.2 Å². The standard InChI is InChI=1S/C15H14ClN3O/c1-10(2)20-13-5-3-12(4-6-13)18-15-8-11(9-17)7-14(16)19-15/h3-8,10H,1-2H3,(H,18,19). The van der Waals surface area contributed by atoms with E-state index in [9.17, 15) is 0 Å². The first-order chi connectivity index (χ1) is 9.56. The van der Waals surface area contributed by atoms with Crippen molar-refractivity contribution in [2.24, 2.45) is 0 Å². The van der Waals surface area contributed by atoms with Gasteiger partial charge in [0.25, 0.3) is 0 Å². The Morgan fingerprint density at radius 3 is 2.55 bits per heavy atom. The van der Waals surface area contributed by atoms with E-state index in [0.717, 1.165) is 11.4 Å². The third kappa shape index (κ3) is 3.87. The van der Waals surface area contributed by atoms with Crippen molar-refractivity contribution in [3.05, 3.63) is 47.1 Å². The van der Waals surface area contributed by atoms with Gasteiger partial charge in [-0.2, -0.15) is 5.26 Å². The number of hydrogen-bond donors (Lipinski definition) is 1. The molecule has 102 valence electrons. The number of anilines is 2. The van der Waals surface area contributed by atoms with E-state index in [1.807, 2.05) is 44.2 Å². The molecular weight excluding hydrogens is 274 g/mol. The highest BCUT2D eigenvalue weighted by Gasteiger charge is 2.02. The smallest absolute Gasteiger partial charge is 0.133 e. The number of ether oxygens (including phenoxy) is 1. The molecule has 1 aromatic carbocycles. The molecule has 0 saturated heterocycles. The van der Waals surface area contributed by atoms with Gasteiger partial charge >= 0.3 is 0 Å². The predicted molar refractivity (Wildman–Crippen MR) is 79.5 cm³/mol. The fourth-order valence-corrected chi connectivity index (χ4v) is 1.87. The van der Waals surface area contributed by atoms with E-state index in [4.69, 9.17) is 21.6 Å². The lowest BCUT2D eigenvalue weighted by atomic mass is 10.2. The Bertz CT molecular complexity index is 633. The molecule has 0 fully saturated rings. The molecule has 0 saturated carbocycles. The van der Waals surface area contributed by atoms with Crippen LogP contribution in [0.1, 0.15) is 19.4 Å².